The second-order valence-electron chi connectivity index (χ2n) is 5.14. The van der Waals surface area contributed by atoms with Crippen molar-refractivity contribution >= 4 is 16.7 Å². The van der Waals surface area contributed by atoms with Crippen molar-refractivity contribution < 1.29 is 0 Å². The van der Waals surface area contributed by atoms with Gasteiger partial charge in [-0.2, -0.15) is 15.8 Å². The molecule has 0 saturated carbocycles. The lowest BCUT2D eigenvalue weighted by Crippen LogP contribution is -2.23. The van der Waals surface area contributed by atoms with Crippen molar-refractivity contribution in [1.82, 2.24) is 9.13 Å². The summed E-state index contributed by atoms with van der Waals surface area (Å²) in [6.45, 7) is 6.71. The van der Waals surface area contributed by atoms with Gasteiger partial charge in [-0.25, -0.2) is 4.79 Å². The Bertz CT molecular complexity index is 1000. The van der Waals surface area contributed by atoms with E-state index in [-0.39, 0.29) is 17.0 Å². The fraction of sp³-hybridized carbons (Fsp3) is 0.294. The molecule has 0 atom stereocenters. The minimum Gasteiger partial charge on any atom is -0.345 e. The van der Waals surface area contributed by atoms with Crippen molar-refractivity contribution in [3.8, 4) is 18.2 Å². The van der Waals surface area contributed by atoms with E-state index in [4.69, 9.17) is 10.5 Å². The highest BCUT2D eigenvalue weighted by Gasteiger charge is 2.15. The highest BCUT2D eigenvalue weighted by Crippen LogP contribution is 2.25. The van der Waals surface area contributed by atoms with E-state index in [0.29, 0.717) is 18.8 Å². The number of aryl methyl sites for hydroxylation is 3. The van der Waals surface area contributed by atoms with Gasteiger partial charge in [0.2, 0.25) is 0 Å². The number of aromatic nitrogens is 2. The summed E-state index contributed by atoms with van der Waals surface area (Å²) in [5.74, 6) is 0. The smallest absolute Gasteiger partial charge is 0.329 e. The molecule has 1 aromatic heterocycles. The average molecular weight is 320 g/mol. The Kier molecular flexibility index (Phi) is 4.73. The van der Waals surface area contributed by atoms with Crippen molar-refractivity contribution in [1.29, 1.82) is 15.8 Å². The standard InChI is InChI=1S/C17H16N6O/c1-4-22-15-6-11(3)13(7-16(15)23(5-2)17(22)24)21-14(10-20)12(8-18)9-19/h6-7,21H,4-5H2,1-3H3. The number of nitriles is 3. The Morgan fingerprint density at radius 2 is 1.58 bits per heavy atom. The molecule has 0 aliphatic rings. The molecule has 0 fully saturated rings. The van der Waals surface area contributed by atoms with Crippen LogP contribution < -0.4 is 11.0 Å². The number of imidazole rings is 1. The number of fused-ring (bicyclic) bond motifs is 1. The Balaban J connectivity index is 2.71. The van der Waals surface area contributed by atoms with Crippen molar-refractivity contribution in [2.24, 2.45) is 0 Å². The molecule has 0 spiro atoms. The molecule has 24 heavy (non-hydrogen) atoms. The van der Waals surface area contributed by atoms with E-state index in [0.717, 1.165) is 16.6 Å². The molecule has 0 unspecified atom stereocenters. The fourth-order valence-corrected chi connectivity index (χ4v) is 2.63. The van der Waals surface area contributed by atoms with Gasteiger partial charge in [0.25, 0.3) is 0 Å². The van der Waals surface area contributed by atoms with Crippen LogP contribution in [0.2, 0.25) is 0 Å². The van der Waals surface area contributed by atoms with E-state index in [9.17, 15) is 10.1 Å². The lowest BCUT2D eigenvalue weighted by Gasteiger charge is -2.10. The third-order valence-electron chi connectivity index (χ3n) is 3.84. The van der Waals surface area contributed by atoms with E-state index in [1.54, 1.807) is 27.3 Å². The number of benzene rings is 1. The van der Waals surface area contributed by atoms with Crippen LogP contribution >= 0.6 is 0 Å². The lowest BCUT2D eigenvalue weighted by molar-refractivity contribution is 0.671. The molecular weight excluding hydrogens is 304 g/mol. The SMILES string of the molecule is CCn1c(=O)n(CC)c2cc(NC(C#N)=C(C#N)C#N)c(C)cc21. The fourth-order valence-electron chi connectivity index (χ4n) is 2.63. The topological polar surface area (TPSA) is 110 Å². The first-order valence-electron chi connectivity index (χ1n) is 7.47. The molecule has 0 aliphatic heterocycles. The van der Waals surface area contributed by atoms with Gasteiger partial charge in [-0.15, -0.1) is 0 Å². The molecule has 2 rings (SSSR count). The van der Waals surface area contributed by atoms with Gasteiger partial charge in [0, 0.05) is 18.8 Å². The van der Waals surface area contributed by atoms with Crippen LogP contribution in [0.5, 0.6) is 0 Å². The molecule has 0 amide bonds. The molecular formula is C17H16N6O. The van der Waals surface area contributed by atoms with Gasteiger partial charge in [-0.05, 0) is 38.5 Å². The maximum atomic E-state index is 12.4. The second-order valence-corrected chi connectivity index (χ2v) is 5.14. The summed E-state index contributed by atoms with van der Waals surface area (Å²) in [6.07, 6.45) is 0. The molecule has 1 aromatic carbocycles. The maximum absolute atomic E-state index is 12.4. The van der Waals surface area contributed by atoms with Crippen molar-refractivity contribution in [3.63, 3.8) is 0 Å². The van der Waals surface area contributed by atoms with Gasteiger partial charge in [0.05, 0.1) is 11.0 Å². The van der Waals surface area contributed by atoms with Crippen LogP contribution in [0.1, 0.15) is 19.4 Å². The molecule has 0 aliphatic carbocycles. The summed E-state index contributed by atoms with van der Waals surface area (Å²) in [4.78, 5) is 12.4. The summed E-state index contributed by atoms with van der Waals surface area (Å²) >= 11 is 0. The Morgan fingerprint density at radius 3 is 2.04 bits per heavy atom. The van der Waals surface area contributed by atoms with Gasteiger partial charge in [-0.3, -0.25) is 9.13 Å². The number of nitrogens with one attached hydrogen (secondary N) is 1. The first kappa shape index (κ1) is 16.9. The molecule has 1 N–H and O–H groups in total. The molecule has 0 bridgehead atoms. The highest BCUT2D eigenvalue weighted by atomic mass is 16.1. The Morgan fingerprint density at radius 1 is 1.04 bits per heavy atom. The number of hydrogen-bond donors (Lipinski definition) is 1. The third-order valence-corrected chi connectivity index (χ3v) is 3.84. The molecule has 2 aromatic rings. The second kappa shape index (κ2) is 6.73. The van der Waals surface area contributed by atoms with Crippen LogP contribution in [0.4, 0.5) is 5.69 Å². The molecule has 120 valence electrons. The third kappa shape index (κ3) is 2.62. The molecule has 7 nitrogen and oxygen atoms in total. The van der Waals surface area contributed by atoms with Crippen LogP contribution in [-0.4, -0.2) is 9.13 Å². The quantitative estimate of drug-likeness (QED) is 0.870. The normalized spacial score (nSPS) is 9.83. The largest absolute Gasteiger partial charge is 0.345 e. The molecule has 1 heterocycles. The van der Waals surface area contributed by atoms with E-state index < -0.39 is 0 Å². The summed E-state index contributed by atoms with van der Waals surface area (Å²) in [5.41, 5.74) is 2.47. The Hall–Kier alpha value is -3.50. The predicted octanol–water partition coefficient (Wildman–Crippen LogP) is 2.39. The van der Waals surface area contributed by atoms with Crippen LogP contribution in [0.3, 0.4) is 0 Å². The van der Waals surface area contributed by atoms with Crippen molar-refractivity contribution in [2.75, 3.05) is 5.32 Å². The van der Waals surface area contributed by atoms with E-state index in [1.807, 2.05) is 32.9 Å². The van der Waals surface area contributed by atoms with Gasteiger partial charge < -0.3 is 5.32 Å². The molecule has 0 radical (unpaired) electrons. The van der Waals surface area contributed by atoms with Gasteiger partial charge in [-0.1, -0.05) is 0 Å². The zero-order chi connectivity index (χ0) is 17.9. The monoisotopic (exact) mass is 320 g/mol. The predicted molar refractivity (Wildman–Crippen MR) is 89.8 cm³/mol. The summed E-state index contributed by atoms with van der Waals surface area (Å²) in [6, 6.07) is 8.86. The molecule has 7 heteroatoms. The van der Waals surface area contributed by atoms with Gasteiger partial charge in [0.1, 0.15) is 23.9 Å². The van der Waals surface area contributed by atoms with Crippen LogP contribution in [-0.2, 0) is 13.1 Å². The number of anilines is 1. The van der Waals surface area contributed by atoms with Crippen LogP contribution in [0.15, 0.2) is 28.2 Å². The number of nitrogens with zero attached hydrogens (tertiary/aromatic N) is 5. The van der Waals surface area contributed by atoms with Gasteiger partial charge >= 0.3 is 5.69 Å². The number of rotatable bonds is 4. The van der Waals surface area contributed by atoms with E-state index in [1.165, 1.54) is 0 Å². The number of hydrogen-bond acceptors (Lipinski definition) is 5. The minimum atomic E-state index is -0.281. The zero-order valence-corrected chi connectivity index (χ0v) is 13.7. The van der Waals surface area contributed by atoms with Crippen molar-refractivity contribution in [3.05, 3.63) is 39.5 Å². The Labute approximate surface area is 139 Å². The summed E-state index contributed by atoms with van der Waals surface area (Å²) < 4.78 is 3.33. The molecule has 0 saturated heterocycles. The summed E-state index contributed by atoms with van der Waals surface area (Å²) in [7, 11) is 0. The van der Waals surface area contributed by atoms with Crippen LogP contribution in [0.25, 0.3) is 11.0 Å². The summed E-state index contributed by atoms with van der Waals surface area (Å²) in [5, 5.41) is 29.9. The maximum Gasteiger partial charge on any atom is 0.329 e. The lowest BCUT2D eigenvalue weighted by atomic mass is 10.1. The zero-order valence-electron chi connectivity index (χ0n) is 13.7. The first-order valence-corrected chi connectivity index (χ1v) is 7.47. The van der Waals surface area contributed by atoms with Gasteiger partial charge in [0.15, 0.2) is 5.57 Å². The van der Waals surface area contributed by atoms with E-state index >= 15 is 0 Å². The van der Waals surface area contributed by atoms with E-state index in [2.05, 4.69) is 5.32 Å². The highest BCUT2D eigenvalue weighted by molar-refractivity contribution is 5.83. The number of allylic oxidation sites excluding steroid dienone is 2. The minimum absolute atomic E-state index is 0.0858. The average Bonchev–Trinajstić information content (AvgIpc) is 2.84. The van der Waals surface area contributed by atoms with Crippen LogP contribution in [0, 0.1) is 40.9 Å². The van der Waals surface area contributed by atoms with Crippen molar-refractivity contribution in [2.45, 2.75) is 33.9 Å². The first-order chi connectivity index (χ1) is 11.5.